The number of hydrogen-bond acceptors (Lipinski definition) is 6. The Morgan fingerprint density at radius 1 is 0.465 bits per heavy atom. The molecule has 0 saturated heterocycles. The van der Waals surface area contributed by atoms with Crippen molar-refractivity contribution >= 4 is 7.81 Å². The molecule has 0 bridgehead atoms. The third-order valence-corrected chi connectivity index (χ3v) is 5.12. The van der Waals surface area contributed by atoms with E-state index in [2.05, 4.69) is 72.1 Å². The van der Waals surface area contributed by atoms with Gasteiger partial charge in [-0.25, -0.2) is 0 Å². The van der Waals surface area contributed by atoms with Crippen LogP contribution in [-0.2, 0) is 41.5 Å². The number of quaternary nitrogens is 1. The zero-order chi connectivity index (χ0) is 31.6. The predicted octanol–water partition coefficient (Wildman–Crippen LogP) is 6.38. The minimum atomic E-state index is -10.7. The number of benzene rings is 2. The van der Waals surface area contributed by atoms with Crippen LogP contribution in [0.4, 0.5) is 25.2 Å². The average molecular weight is 648 g/mol. The summed E-state index contributed by atoms with van der Waals surface area (Å²) in [6.07, 6.45) is 4.95. The Labute approximate surface area is 249 Å². The zero-order valence-electron chi connectivity index (χ0n) is 24.3. The Bertz CT molecular complexity index is 884. The Balaban J connectivity index is 0.000000364. The van der Waals surface area contributed by atoms with E-state index in [1.54, 1.807) is 0 Å². The van der Waals surface area contributed by atoms with E-state index in [4.69, 9.17) is 28.4 Å². The summed E-state index contributed by atoms with van der Waals surface area (Å²) in [5.41, 5.74) is 2.77. The van der Waals surface area contributed by atoms with E-state index >= 15 is 0 Å². The van der Waals surface area contributed by atoms with Crippen molar-refractivity contribution in [3.63, 3.8) is 0 Å². The summed E-state index contributed by atoms with van der Waals surface area (Å²) in [6, 6.07) is 21.1. The van der Waals surface area contributed by atoms with E-state index in [0.29, 0.717) is 79.3 Å². The molecule has 2 N–H and O–H groups in total. The second-order valence-electron chi connectivity index (χ2n) is 9.02. The number of hydrogen-bond donors (Lipinski definition) is 1. The van der Waals surface area contributed by atoms with Gasteiger partial charge in [0, 0.05) is 11.1 Å². The van der Waals surface area contributed by atoms with Gasteiger partial charge in [0.2, 0.25) is 0 Å². The molecule has 0 aliphatic carbocycles. The van der Waals surface area contributed by atoms with E-state index < -0.39 is 7.81 Å². The summed E-state index contributed by atoms with van der Waals surface area (Å²) in [6.45, 7) is 9.32. The van der Waals surface area contributed by atoms with Crippen molar-refractivity contribution in [3.05, 3.63) is 83.9 Å². The molecule has 0 radical (unpaired) electrons. The molecule has 1 aliphatic rings. The maximum absolute atomic E-state index is 10.7. The van der Waals surface area contributed by atoms with Crippen LogP contribution in [-0.4, -0.2) is 79.3 Å². The van der Waals surface area contributed by atoms with Gasteiger partial charge >= 0.3 is 33.0 Å². The molecule has 0 saturated carbocycles. The van der Waals surface area contributed by atoms with E-state index in [-0.39, 0.29) is 0 Å². The summed E-state index contributed by atoms with van der Waals surface area (Å²) < 4.78 is 91.5. The quantitative estimate of drug-likeness (QED) is 0.236. The molecule has 43 heavy (non-hydrogen) atoms. The minimum Gasteiger partial charge on any atom is -0.339 e. The topological polar surface area (TPSA) is 72.0 Å². The van der Waals surface area contributed by atoms with Gasteiger partial charge in [-0.05, 0) is 6.42 Å². The molecule has 3 rings (SSSR count). The molecule has 2 aromatic carbocycles. The maximum atomic E-state index is 9.87. The first-order valence-electron chi connectivity index (χ1n) is 14.0. The van der Waals surface area contributed by atoms with Gasteiger partial charge < -0.3 is 33.7 Å². The molecular formula is C29H44F6NO6P. The Morgan fingerprint density at radius 2 is 0.791 bits per heavy atom. The number of nitrogens with two attached hydrogens (primary N) is 1. The van der Waals surface area contributed by atoms with Crippen molar-refractivity contribution in [2.75, 3.05) is 79.3 Å². The van der Waals surface area contributed by atoms with Crippen molar-refractivity contribution < 1.29 is 58.9 Å². The molecule has 248 valence electrons. The third kappa shape index (κ3) is 34.3. The van der Waals surface area contributed by atoms with Crippen molar-refractivity contribution in [2.45, 2.75) is 19.5 Å². The summed E-state index contributed by atoms with van der Waals surface area (Å²) >= 11 is 0. The molecule has 1 heterocycles. The second kappa shape index (κ2) is 21.6. The fourth-order valence-corrected chi connectivity index (χ4v) is 3.22. The van der Waals surface area contributed by atoms with Gasteiger partial charge in [-0.3, -0.25) is 0 Å². The summed E-state index contributed by atoms with van der Waals surface area (Å²) in [7, 11) is -10.7. The van der Waals surface area contributed by atoms with Crippen molar-refractivity contribution in [3.8, 4) is 0 Å². The Morgan fingerprint density at radius 3 is 1.16 bits per heavy atom. The van der Waals surface area contributed by atoms with Gasteiger partial charge in [0.25, 0.3) is 0 Å². The van der Waals surface area contributed by atoms with Crippen LogP contribution in [0.2, 0.25) is 0 Å². The van der Waals surface area contributed by atoms with Crippen LogP contribution >= 0.6 is 7.81 Å². The molecule has 0 unspecified atom stereocenters. The predicted molar refractivity (Wildman–Crippen MR) is 154 cm³/mol. The molecule has 14 heteroatoms. The van der Waals surface area contributed by atoms with Gasteiger partial charge in [0.15, 0.2) is 0 Å². The first kappa shape index (κ1) is 38.9. The van der Waals surface area contributed by atoms with Crippen molar-refractivity contribution in [1.82, 2.24) is 0 Å². The molecule has 0 aromatic heterocycles. The fraction of sp³-hybridized carbons (Fsp3) is 0.517. The Kier molecular flexibility index (Phi) is 19.5. The van der Waals surface area contributed by atoms with Crippen LogP contribution in [0.25, 0.3) is 0 Å². The molecule has 0 spiro atoms. The number of halogens is 6. The van der Waals surface area contributed by atoms with Gasteiger partial charge in [-0.2, -0.15) is 0 Å². The van der Waals surface area contributed by atoms with Crippen LogP contribution in [0.3, 0.4) is 0 Å². The van der Waals surface area contributed by atoms with Crippen LogP contribution in [0.1, 0.15) is 17.5 Å². The third-order valence-electron chi connectivity index (χ3n) is 5.12. The van der Waals surface area contributed by atoms with Crippen molar-refractivity contribution in [1.29, 1.82) is 0 Å². The standard InChI is InChI=1S/C15H28O6.C14H15N.F6P/c1-2-4-16-6-8-18-10-12-20-14-15-21-13-11-19-9-7-17-5-3-1;1-3-7-13(8-4-1)11-15-12-14-9-5-2-6-10-14;1-7(2,3,4,5)6/h1-2H,3-15H2;1-10,15H,11-12H2;/q;;-1/p+1/b2-1+;;. The fourth-order valence-electron chi connectivity index (χ4n) is 3.22. The molecule has 2 aromatic rings. The first-order chi connectivity index (χ1) is 20.4. The number of rotatable bonds is 4. The summed E-state index contributed by atoms with van der Waals surface area (Å²) in [4.78, 5) is 0. The summed E-state index contributed by atoms with van der Waals surface area (Å²) in [5.74, 6) is 0. The van der Waals surface area contributed by atoms with E-state index in [0.717, 1.165) is 19.5 Å². The maximum Gasteiger partial charge on any atom is 0.101 e. The van der Waals surface area contributed by atoms with E-state index in [9.17, 15) is 25.2 Å². The molecule has 0 amide bonds. The van der Waals surface area contributed by atoms with Crippen molar-refractivity contribution in [2.24, 2.45) is 0 Å². The van der Waals surface area contributed by atoms with Gasteiger partial charge in [0.1, 0.15) is 13.1 Å². The zero-order valence-corrected chi connectivity index (χ0v) is 25.2. The SMILES string of the molecule is C1=C/COCCOCCOCCOCCOCCOCC/1.F[P-](F)(F)(F)(F)F.c1ccc(C[NH2+]Cc2ccccc2)cc1. The molecule has 0 atom stereocenters. The first-order valence-corrected chi connectivity index (χ1v) is 16.0. The van der Waals surface area contributed by atoms with Gasteiger partial charge in [0.05, 0.1) is 79.3 Å². The van der Waals surface area contributed by atoms with Crippen LogP contribution in [0.5, 0.6) is 0 Å². The molecule has 7 nitrogen and oxygen atoms in total. The van der Waals surface area contributed by atoms with E-state index in [1.807, 2.05) is 6.08 Å². The molecule has 1 aliphatic heterocycles. The smallest absolute Gasteiger partial charge is 0.101 e. The molecular weight excluding hydrogens is 603 g/mol. The van der Waals surface area contributed by atoms with Gasteiger partial charge in [-0.15, -0.1) is 0 Å². The van der Waals surface area contributed by atoms with Gasteiger partial charge in [-0.1, -0.05) is 72.8 Å². The van der Waals surface area contributed by atoms with Crippen LogP contribution in [0.15, 0.2) is 72.8 Å². The second-order valence-corrected chi connectivity index (χ2v) is 10.9. The Hall–Kier alpha value is -2.09. The van der Waals surface area contributed by atoms with Crippen LogP contribution in [0, 0.1) is 0 Å². The average Bonchev–Trinajstić information content (AvgIpc) is 2.94. The monoisotopic (exact) mass is 647 g/mol. The number of ether oxygens (including phenoxy) is 6. The van der Waals surface area contributed by atoms with Crippen LogP contribution < -0.4 is 5.32 Å². The largest absolute Gasteiger partial charge is 0.339 e. The normalized spacial score (nSPS) is 19.4. The van der Waals surface area contributed by atoms with E-state index in [1.165, 1.54) is 11.1 Å². The minimum absolute atomic E-state index is 0.577. The summed E-state index contributed by atoms with van der Waals surface area (Å²) in [5, 5.41) is 2.32. The molecule has 0 fully saturated rings.